The van der Waals surface area contributed by atoms with Gasteiger partial charge in [0.25, 0.3) is 0 Å². The van der Waals surface area contributed by atoms with Crippen LogP contribution in [-0.4, -0.2) is 13.2 Å². The minimum atomic E-state index is 0.313. The number of ether oxygens (including phenoxy) is 1. The van der Waals surface area contributed by atoms with Gasteiger partial charge >= 0.3 is 0 Å². The number of benzene rings is 1. The van der Waals surface area contributed by atoms with Crippen molar-refractivity contribution in [1.29, 1.82) is 0 Å². The van der Waals surface area contributed by atoms with E-state index in [4.69, 9.17) is 10.5 Å². The van der Waals surface area contributed by atoms with Crippen LogP contribution in [-0.2, 0) is 6.42 Å². The van der Waals surface area contributed by atoms with E-state index in [9.17, 15) is 0 Å². The van der Waals surface area contributed by atoms with E-state index in [1.807, 2.05) is 0 Å². The summed E-state index contributed by atoms with van der Waals surface area (Å²) in [4.78, 5) is 0. The molecular formula is C15H23NO. The lowest BCUT2D eigenvalue weighted by atomic mass is 9.94. The van der Waals surface area contributed by atoms with Crippen LogP contribution in [0.1, 0.15) is 36.0 Å². The minimum Gasteiger partial charge on any atom is -0.497 e. The molecule has 0 spiro atoms. The van der Waals surface area contributed by atoms with Crippen molar-refractivity contribution in [2.24, 2.45) is 11.7 Å². The molecule has 1 aromatic carbocycles. The Morgan fingerprint density at radius 1 is 1.29 bits per heavy atom. The second-order valence-electron chi connectivity index (χ2n) is 5.38. The maximum Gasteiger partial charge on any atom is 0.119 e. The van der Waals surface area contributed by atoms with E-state index in [1.165, 1.54) is 36.0 Å². The smallest absolute Gasteiger partial charge is 0.119 e. The predicted octanol–water partition coefficient (Wildman–Crippen LogP) is 2.98. The molecule has 1 aromatic rings. The summed E-state index contributed by atoms with van der Waals surface area (Å²) >= 11 is 0. The van der Waals surface area contributed by atoms with Crippen molar-refractivity contribution >= 4 is 0 Å². The van der Waals surface area contributed by atoms with Gasteiger partial charge in [-0.25, -0.2) is 0 Å². The molecule has 1 atom stereocenters. The predicted molar refractivity (Wildman–Crippen MR) is 71.5 cm³/mol. The molecule has 1 aliphatic rings. The molecule has 2 heteroatoms. The second kappa shape index (κ2) is 5.09. The molecule has 0 aromatic heterocycles. The summed E-state index contributed by atoms with van der Waals surface area (Å²) in [5.41, 5.74) is 10.2. The molecular weight excluding hydrogens is 210 g/mol. The van der Waals surface area contributed by atoms with Crippen molar-refractivity contribution in [1.82, 2.24) is 0 Å². The summed E-state index contributed by atoms with van der Waals surface area (Å²) in [6, 6.07) is 4.52. The van der Waals surface area contributed by atoms with Crippen LogP contribution in [0.2, 0.25) is 0 Å². The van der Waals surface area contributed by atoms with Gasteiger partial charge in [0.2, 0.25) is 0 Å². The Morgan fingerprint density at radius 2 is 1.88 bits per heavy atom. The minimum absolute atomic E-state index is 0.313. The Kier molecular flexibility index (Phi) is 3.72. The molecule has 0 heterocycles. The fourth-order valence-corrected chi connectivity index (χ4v) is 2.52. The normalized spacial score (nSPS) is 16.9. The third-order valence-corrected chi connectivity index (χ3v) is 3.70. The van der Waals surface area contributed by atoms with Crippen LogP contribution in [0.5, 0.6) is 5.75 Å². The average Bonchev–Trinajstić information content (AvgIpc) is 3.07. The lowest BCUT2D eigenvalue weighted by Crippen LogP contribution is -2.24. The van der Waals surface area contributed by atoms with Crippen LogP contribution in [0.3, 0.4) is 0 Å². The van der Waals surface area contributed by atoms with Crippen molar-refractivity contribution in [2.75, 3.05) is 7.11 Å². The Labute approximate surface area is 104 Å². The van der Waals surface area contributed by atoms with E-state index in [-0.39, 0.29) is 0 Å². The van der Waals surface area contributed by atoms with Gasteiger partial charge in [0.15, 0.2) is 0 Å². The van der Waals surface area contributed by atoms with Gasteiger partial charge in [-0.1, -0.05) is 12.8 Å². The number of hydrogen-bond donors (Lipinski definition) is 1. The fraction of sp³-hybridized carbons (Fsp3) is 0.600. The molecule has 0 aliphatic heterocycles. The van der Waals surface area contributed by atoms with Crippen molar-refractivity contribution in [3.8, 4) is 5.75 Å². The maximum absolute atomic E-state index is 6.22. The zero-order valence-electron chi connectivity index (χ0n) is 11.1. The molecule has 1 saturated carbocycles. The Bertz CT molecular complexity index is 373. The first-order valence-electron chi connectivity index (χ1n) is 6.50. The highest BCUT2D eigenvalue weighted by molar-refractivity contribution is 5.41. The zero-order valence-corrected chi connectivity index (χ0v) is 11.1. The fourth-order valence-electron chi connectivity index (χ4n) is 2.52. The first-order chi connectivity index (χ1) is 8.10. The molecule has 2 nitrogen and oxygen atoms in total. The standard InChI is InChI=1S/C15H23NO/c1-10-6-14(17-3)7-11(2)15(10)9-13(16)8-12-4-5-12/h6-7,12-13H,4-5,8-9,16H2,1-3H3. The Balaban J connectivity index is 2.08. The van der Waals surface area contributed by atoms with Crippen molar-refractivity contribution in [3.05, 3.63) is 28.8 Å². The second-order valence-corrected chi connectivity index (χ2v) is 5.38. The summed E-state index contributed by atoms with van der Waals surface area (Å²) in [5, 5.41) is 0. The van der Waals surface area contributed by atoms with Crippen LogP contribution in [0.25, 0.3) is 0 Å². The SMILES string of the molecule is COc1cc(C)c(CC(N)CC2CC2)c(C)c1. The first-order valence-corrected chi connectivity index (χ1v) is 6.50. The van der Waals surface area contributed by atoms with Crippen LogP contribution in [0.4, 0.5) is 0 Å². The lowest BCUT2D eigenvalue weighted by molar-refractivity contribution is 0.413. The molecule has 2 N–H and O–H groups in total. The van der Waals surface area contributed by atoms with Gasteiger partial charge in [0, 0.05) is 6.04 Å². The monoisotopic (exact) mass is 233 g/mol. The highest BCUT2D eigenvalue weighted by atomic mass is 16.5. The Hall–Kier alpha value is -1.02. The van der Waals surface area contributed by atoms with Gasteiger partial charge in [0.05, 0.1) is 7.11 Å². The van der Waals surface area contributed by atoms with Gasteiger partial charge in [-0.2, -0.15) is 0 Å². The largest absolute Gasteiger partial charge is 0.497 e. The molecule has 1 unspecified atom stereocenters. The lowest BCUT2D eigenvalue weighted by Gasteiger charge is -2.16. The summed E-state index contributed by atoms with van der Waals surface area (Å²) in [6.45, 7) is 4.30. The number of aryl methyl sites for hydroxylation is 2. The van der Waals surface area contributed by atoms with Crippen LogP contribution in [0, 0.1) is 19.8 Å². The quantitative estimate of drug-likeness (QED) is 0.848. The van der Waals surface area contributed by atoms with E-state index in [1.54, 1.807) is 7.11 Å². The Morgan fingerprint density at radius 3 is 2.35 bits per heavy atom. The van der Waals surface area contributed by atoms with Gasteiger partial charge in [0.1, 0.15) is 5.75 Å². The van der Waals surface area contributed by atoms with Crippen LogP contribution >= 0.6 is 0 Å². The molecule has 1 aliphatic carbocycles. The number of hydrogen-bond acceptors (Lipinski definition) is 2. The van der Waals surface area contributed by atoms with Gasteiger partial charge in [-0.15, -0.1) is 0 Å². The van der Waals surface area contributed by atoms with Crippen molar-refractivity contribution < 1.29 is 4.74 Å². The van der Waals surface area contributed by atoms with E-state index in [0.717, 1.165) is 18.1 Å². The summed E-state index contributed by atoms with van der Waals surface area (Å²) in [6.07, 6.45) is 4.95. The highest BCUT2D eigenvalue weighted by Crippen LogP contribution is 2.34. The molecule has 0 amide bonds. The van der Waals surface area contributed by atoms with Crippen LogP contribution < -0.4 is 10.5 Å². The first kappa shape index (κ1) is 12.4. The molecule has 2 rings (SSSR count). The third kappa shape index (κ3) is 3.22. The molecule has 0 bridgehead atoms. The molecule has 0 radical (unpaired) electrons. The number of methoxy groups -OCH3 is 1. The van der Waals surface area contributed by atoms with Gasteiger partial charge in [-0.05, 0) is 61.4 Å². The topological polar surface area (TPSA) is 35.2 Å². The van der Waals surface area contributed by atoms with E-state index < -0.39 is 0 Å². The van der Waals surface area contributed by atoms with E-state index in [0.29, 0.717) is 6.04 Å². The molecule has 1 fully saturated rings. The van der Waals surface area contributed by atoms with Gasteiger partial charge in [-0.3, -0.25) is 0 Å². The van der Waals surface area contributed by atoms with E-state index in [2.05, 4.69) is 26.0 Å². The molecule has 17 heavy (non-hydrogen) atoms. The summed E-state index contributed by atoms with van der Waals surface area (Å²) in [5.74, 6) is 1.85. The van der Waals surface area contributed by atoms with Crippen LogP contribution in [0.15, 0.2) is 12.1 Å². The highest BCUT2D eigenvalue weighted by Gasteiger charge is 2.24. The van der Waals surface area contributed by atoms with Crippen molar-refractivity contribution in [3.63, 3.8) is 0 Å². The molecule has 94 valence electrons. The maximum atomic E-state index is 6.22. The number of nitrogens with two attached hydrogens (primary N) is 1. The average molecular weight is 233 g/mol. The van der Waals surface area contributed by atoms with Crippen molar-refractivity contribution in [2.45, 2.75) is 45.6 Å². The summed E-state index contributed by atoms with van der Waals surface area (Å²) < 4.78 is 5.28. The third-order valence-electron chi connectivity index (χ3n) is 3.70. The summed E-state index contributed by atoms with van der Waals surface area (Å²) in [7, 11) is 1.71. The zero-order chi connectivity index (χ0) is 12.4. The number of rotatable bonds is 5. The van der Waals surface area contributed by atoms with E-state index >= 15 is 0 Å². The molecule has 0 saturated heterocycles. The van der Waals surface area contributed by atoms with Gasteiger partial charge < -0.3 is 10.5 Å².